The molecule has 1 unspecified atom stereocenters. The fourth-order valence-electron chi connectivity index (χ4n) is 2.86. The van der Waals surface area contributed by atoms with Gasteiger partial charge in [0.1, 0.15) is 0 Å². The van der Waals surface area contributed by atoms with Crippen LogP contribution in [0.1, 0.15) is 38.3 Å². The SMILES string of the molecule is COc1ccnc(CNC(C)C2CCCC2)c1OC. The van der Waals surface area contributed by atoms with E-state index in [2.05, 4.69) is 17.2 Å². The molecule has 1 saturated carbocycles. The minimum absolute atomic E-state index is 0.528. The standard InChI is InChI=1S/C15H24N2O2/c1-11(12-6-4-5-7-12)17-10-13-15(19-3)14(18-2)8-9-16-13/h8-9,11-12,17H,4-7,10H2,1-3H3. The number of aromatic nitrogens is 1. The van der Waals surface area contributed by atoms with E-state index in [1.165, 1.54) is 25.7 Å². The van der Waals surface area contributed by atoms with Crippen LogP contribution < -0.4 is 14.8 Å². The van der Waals surface area contributed by atoms with Crippen molar-refractivity contribution in [2.75, 3.05) is 14.2 Å². The van der Waals surface area contributed by atoms with Gasteiger partial charge in [0.05, 0.1) is 19.9 Å². The molecule has 0 radical (unpaired) electrons. The van der Waals surface area contributed by atoms with E-state index in [1.54, 1.807) is 20.4 Å². The van der Waals surface area contributed by atoms with Gasteiger partial charge in [-0.1, -0.05) is 12.8 Å². The maximum absolute atomic E-state index is 5.40. The normalized spacial score (nSPS) is 17.4. The topological polar surface area (TPSA) is 43.4 Å². The fraction of sp³-hybridized carbons (Fsp3) is 0.667. The van der Waals surface area contributed by atoms with Crippen molar-refractivity contribution in [3.63, 3.8) is 0 Å². The number of nitrogens with one attached hydrogen (secondary N) is 1. The van der Waals surface area contributed by atoms with Crippen LogP contribution >= 0.6 is 0 Å². The van der Waals surface area contributed by atoms with E-state index in [0.717, 1.165) is 29.7 Å². The van der Waals surface area contributed by atoms with E-state index in [1.807, 2.05) is 6.07 Å². The molecule has 1 N–H and O–H groups in total. The molecule has 1 atom stereocenters. The predicted octanol–water partition coefficient (Wildman–Crippen LogP) is 2.77. The molecule has 1 aromatic rings. The van der Waals surface area contributed by atoms with Crippen LogP contribution in [0, 0.1) is 5.92 Å². The molecule has 0 bridgehead atoms. The van der Waals surface area contributed by atoms with Crippen molar-refractivity contribution < 1.29 is 9.47 Å². The minimum Gasteiger partial charge on any atom is -0.493 e. The summed E-state index contributed by atoms with van der Waals surface area (Å²) in [6.07, 6.45) is 7.20. The van der Waals surface area contributed by atoms with Crippen molar-refractivity contribution in [3.05, 3.63) is 18.0 Å². The van der Waals surface area contributed by atoms with Crippen molar-refractivity contribution in [2.45, 2.75) is 45.2 Å². The van der Waals surface area contributed by atoms with Crippen LogP contribution in [0.25, 0.3) is 0 Å². The summed E-state index contributed by atoms with van der Waals surface area (Å²) >= 11 is 0. The van der Waals surface area contributed by atoms with Gasteiger partial charge in [-0.25, -0.2) is 0 Å². The molecule has 0 saturated heterocycles. The van der Waals surface area contributed by atoms with Gasteiger partial charge >= 0.3 is 0 Å². The number of pyridine rings is 1. The van der Waals surface area contributed by atoms with E-state index < -0.39 is 0 Å². The minimum atomic E-state index is 0.528. The average Bonchev–Trinajstić information content (AvgIpc) is 2.98. The lowest BCUT2D eigenvalue weighted by Crippen LogP contribution is -2.32. The fourth-order valence-corrected chi connectivity index (χ4v) is 2.86. The van der Waals surface area contributed by atoms with Crippen molar-refractivity contribution >= 4 is 0 Å². The van der Waals surface area contributed by atoms with Crippen molar-refractivity contribution in [1.82, 2.24) is 10.3 Å². The maximum Gasteiger partial charge on any atom is 0.183 e. The summed E-state index contributed by atoms with van der Waals surface area (Å²) in [7, 11) is 3.31. The van der Waals surface area contributed by atoms with Crippen LogP contribution in [0.2, 0.25) is 0 Å². The van der Waals surface area contributed by atoms with E-state index >= 15 is 0 Å². The molecule has 0 aliphatic heterocycles. The Balaban J connectivity index is 1.98. The molecular weight excluding hydrogens is 240 g/mol. The van der Waals surface area contributed by atoms with E-state index in [4.69, 9.17) is 9.47 Å². The van der Waals surface area contributed by atoms with Gasteiger partial charge in [-0.05, 0) is 25.7 Å². The Morgan fingerprint density at radius 2 is 2.05 bits per heavy atom. The zero-order valence-electron chi connectivity index (χ0n) is 12.1. The van der Waals surface area contributed by atoms with E-state index in [-0.39, 0.29) is 0 Å². The molecule has 1 aliphatic carbocycles. The molecule has 1 fully saturated rings. The highest BCUT2D eigenvalue weighted by atomic mass is 16.5. The quantitative estimate of drug-likeness (QED) is 0.858. The molecule has 19 heavy (non-hydrogen) atoms. The first-order valence-corrected chi connectivity index (χ1v) is 7.05. The largest absolute Gasteiger partial charge is 0.493 e. The van der Waals surface area contributed by atoms with Crippen LogP contribution in [0.15, 0.2) is 12.3 Å². The summed E-state index contributed by atoms with van der Waals surface area (Å²) in [6.45, 7) is 2.99. The lowest BCUT2D eigenvalue weighted by atomic mass is 10.00. The lowest BCUT2D eigenvalue weighted by Gasteiger charge is -2.21. The number of hydrogen-bond donors (Lipinski definition) is 1. The van der Waals surface area contributed by atoms with Gasteiger partial charge in [-0.15, -0.1) is 0 Å². The van der Waals surface area contributed by atoms with Gasteiger partial charge in [0.25, 0.3) is 0 Å². The number of ether oxygens (including phenoxy) is 2. The summed E-state index contributed by atoms with van der Waals surface area (Å²) in [5.74, 6) is 2.27. The smallest absolute Gasteiger partial charge is 0.183 e. The Kier molecular flexibility index (Phi) is 5.02. The summed E-state index contributed by atoms with van der Waals surface area (Å²) in [5.41, 5.74) is 0.909. The van der Waals surface area contributed by atoms with Crippen LogP contribution in [-0.2, 0) is 6.54 Å². The molecule has 0 spiro atoms. The first-order valence-electron chi connectivity index (χ1n) is 7.05. The number of hydrogen-bond acceptors (Lipinski definition) is 4. The highest BCUT2D eigenvalue weighted by molar-refractivity contribution is 5.42. The van der Waals surface area contributed by atoms with Crippen LogP contribution in [0.3, 0.4) is 0 Å². The molecular formula is C15H24N2O2. The zero-order chi connectivity index (χ0) is 13.7. The number of nitrogens with zero attached hydrogens (tertiary/aromatic N) is 1. The molecule has 0 aromatic carbocycles. The second-order valence-electron chi connectivity index (χ2n) is 5.21. The maximum atomic E-state index is 5.40. The molecule has 106 valence electrons. The van der Waals surface area contributed by atoms with Crippen molar-refractivity contribution in [1.29, 1.82) is 0 Å². The molecule has 1 aliphatic rings. The summed E-state index contributed by atoms with van der Waals surface area (Å²) in [5, 5.41) is 3.57. The number of methoxy groups -OCH3 is 2. The highest BCUT2D eigenvalue weighted by Crippen LogP contribution is 2.30. The van der Waals surface area contributed by atoms with Gasteiger partial charge in [-0.3, -0.25) is 4.98 Å². The van der Waals surface area contributed by atoms with Gasteiger partial charge < -0.3 is 14.8 Å². The Hall–Kier alpha value is -1.29. The second kappa shape index (κ2) is 6.75. The Morgan fingerprint density at radius 1 is 1.32 bits per heavy atom. The third kappa shape index (κ3) is 3.38. The van der Waals surface area contributed by atoms with E-state index in [9.17, 15) is 0 Å². The molecule has 2 rings (SSSR count). The lowest BCUT2D eigenvalue weighted by molar-refractivity contribution is 0.341. The van der Waals surface area contributed by atoms with Gasteiger partial charge in [0.2, 0.25) is 0 Å². The number of rotatable bonds is 6. The monoisotopic (exact) mass is 264 g/mol. The molecule has 0 amide bonds. The van der Waals surface area contributed by atoms with Gasteiger partial charge in [0.15, 0.2) is 11.5 Å². The predicted molar refractivity (Wildman–Crippen MR) is 75.6 cm³/mol. The molecule has 1 heterocycles. The van der Waals surface area contributed by atoms with Crippen molar-refractivity contribution in [3.8, 4) is 11.5 Å². The Labute approximate surface area is 115 Å². The summed E-state index contributed by atoms with van der Waals surface area (Å²) in [6, 6.07) is 2.35. The van der Waals surface area contributed by atoms with E-state index in [0.29, 0.717) is 6.04 Å². The third-order valence-electron chi connectivity index (χ3n) is 4.06. The second-order valence-corrected chi connectivity index (χ2v) is 5.21. The first-order chi connectivity index (χ1) is 9.26. The molecule has 1 aromatic heterocycles. The van der Waals surface area contributed by atoms with Crippen LogP contribution in [0.4, 0.5) is 0 Å². The summed E-state index contributed by atoms with van der Waals surface area (Å²) < 4.78 is 10.7. The average molecular weight is 264 g/mol. The van der Waals surface area contributed by atoms with Gasteiger partial charge in [-0.2, -0.15) is 0 Å². The van der Waals surface area contributed by atoms with Crippen molar-refractivity contribution in [2.24, 2.45) is 5.92 Å². The summed E-state index contributed by atoms with van der Waals surface area (Å²) in [4.78, 5) is 4.39. The highest BCUT2D eigenvalue weighted by Gasteiger charge is 2.21. The van der Waals surface area contributed by atoms with Crippen LogP contribution in [-0.4, -0.2) is 25.2 Å². The molecule has 4 heteroatoms. The first kappa shape index (κ1) is 14.1. The molecule has 4 nitrogen and oxygen atoms in total. The Bertz CT molecular complexity index is 403. The van der Waals surface area contributed by atoms with Crippen LogP contribution in [0.5, 0.6) is 11.5 Å². The van der Waals surface area contributed by atoms with Gasteiger partial charge in [0, 0.05) is 24.8 Å². The third-order valence-corrected chi connectivity index (χ3v) is 4.06. The Morgan fingerprint density at radius 3 is 2.68 bits per heavy atom. The zero-order valence-corrected chi connectivity index (χ0v) is 12.1.